The highest BCUT2D eigenvalue weighted by atomic mass is 35.5. The minimum atomic E-state index is -0.794. The summed E-state index contributed by atoms with van der Waals surface area (Å²) in [6.45, 7) is 2.70. The number of hydrogen-bond donors (Lipinski definition) is 2. The van der Waals surface area contributed by atoms with Gasteiger partial charge in [0.25, 0.3) is 0 Å². The SMILES string of the molecule is CC=NN(C(=S)N1CCC(C(=O)O)CC1)c1nn(C)c(-c2ccc(Cl)c(Cl)c2)c1O. The van der Waals surface area contributed by atoms with E-state index < -0.39 is 5.97 Å². The van der Waals surface area contributed by atoms with Crippen molar-refractivity contribution < 1.29 is 15.0 Å². The highest BCUT2D eigenvalue weighted by Crippen LogP contribution is 2.39. The predicted molar refractivity (Wildman–Crippen MR) is 122 cm³/mol. The Labute approximate surface area is 189 Å². The minimum absolute atomic E-state index is 0.107. The van der Waals surface area contributed by atoms with E-state index in [1.54, 1.807) is 38.4 Å². The van der Waals surface area contributed by atoms with Gasteiger partial charge in [-0.1, -0.05) is 29.3 Å². The number of nitrogens with zero attached hydrogens (tertiary/aromatic N) is 5. The molecule has 1 aliphatic rings. The third-order valence-corrected chi connectivity index (χ3v) is 6.10. The van der Waals surface area contributed by atoms with Gasteiger partial charge in [0.2, 0.25) is 5.82 Å². The van der Waals surface area contributed by atoms with Crippen LogP contribution < -0.4 is 5.01 Å². The molecule has 2 N–H and O–H groups in total. The van der Waals surface area contributed by atoms with Crippen LogP contribution in [-0.4, -0.2) is 55.3 Å². The van der Waals surface area contributed by atoms with E-state index in [2.05, 4.69) is 10.2 Å². The number of likely N-dealkylation sites (tertiary alicyclic amines) is 1. The average Bonchev–Trinajstić information content (AvgIpc) is 3.01. The molecule has 1 aliphatic heterocycles. The van der Waals surface area contributed by atoms with Crippen LogP contribution in [0.3, 0.4) is 0 Å². The summed E-state index contributed by atoms with van der Waals surface area (Å²) in [5, 5.41) is 31.3. The van der Waals surface area contributed by atoms with Crippen LogP contribution in [0.5, 0.6) is 5.75 Å². The first-order valence-corrected chi connectivity index (χ1v) is 10.4. The van der Waals surface area contributed by atoms with Crippen molar-refractivity contribution in [2.24, 2.45) is 18.1 Å². The third-order valence-electron chi connectivity index (χ3n) is 4.92. The number of aromatic hydroxyl groups is 1. The Morgan fingerprint density at radius 1 is 1.33 bits per heavy atom. The number of hydrogen-bond acceptors (Lipinski definition) is 5. The molecular weight excluding hydrogens is 449 g/mol. The van der Waals surface area contributed by atoms with Gasteiger partial charge in [0.05, 0.1) is 16.0 Å². The molecule has 11 heteroatoms. The fraction of sp³-hybridized carbons (Fsp3) is 0.368. The zero-order valence-electron chi connectivity index (χ0n) is 16.4. The van der Waals surface area contributed by atoms with Gasteiger partial charge in [-0.2, -0.15) is 10.1 Å². The zero-order valence-corrected chi connectivity index (χ0v) is 18.7. The Bertz CT molecular complexity index is 1000. The summed E-state index contributed by atoms with van der Waals surface area (Å²) in [5.41, 5.74) is 1.07. The van der Waals surface area contributed by atoms with Gasteiger partial charge in [-0.3, -0.25) is 9.48 Å². The Morgan fingerprint density at radius 3 is 2.57 bits per heavy atom. The lowest BCUT2D eigenvalue weighted by atomic mass is 9.97. The molecule has 0 bridgehead atoms. The molecule has 0 unspecified atom stereocenters. The van der Waals surface area contributed by atoms with Crippen molar-refractivity contribution >= 4 is 58.5 Å². The molecule has 3 rings (SSSR count). The smallest absolute Gasteiger partial charge is 0.306 e. The van der Waals surface area contributed by atoms with E-state index in [9.17, 15) is 15.0 Å². The number of hydrazone groups is 1. The van der Waals surface area contributed by atoms with Gasteiger partial charge in [-0.15, -0.1) is 5.10 Å². The fourth-order valence-corrected chi connectivity index (χ4v) is 3.98. The van der Waals surface area contributed by atoms with Crippen LogP contribution in [0, 0.1) is 5.92 Å². The first-order chi connectivity index (χ1) is 14.2. The van der Waals surface area contributed by atoms with Gasteiger partial charge in [-0.25, -0.2) is 0 Å². The van der Waals surface area contributed by atoms with Crippen molar-refractivity contribution in [3.8, 4) is 17.0 Å². The monoisotopic (exact) mass is 469 g/mol. The molecule has 2 aromatic rings. The van der Waals surface area contributed by atoms with E-state index in [-0.39, 0.29) is 17.5 Å². The summed E-state index contributed by atoms with van der Waals surface area (Å²) in [6.07, 6.45) is 2.52. The van der Waals surface area contributed by atoms with Crippen LogP contribution in [0.15, 0.2) is 23.3 Å². The molecule has 1 saturated heterocycles. The number of piperidine rings is 1. The molecule has 0 atom stereocenters. The predicted octanol–water partition coefficient (Wildman–Crippen LogP) is 3.99. The van der Waals surface area contributed by atoms with E-state index in [0.29, 0.717) is 52.3 Å². The van der Waals surface area contributed by atoms with Gasteiger partial charge < -0.3 is 15.1 Å². The Kier molecular flexibility index (Phi) is 6.84. The van der Waals surface area contributed by atoms with Crippen LogP contribution in [0.4, 0.5) is 5.82 Å². The largest absolute Gasteiger partial charge is 0.503 e. The summed E-state index contributed by atoms with van der Waals surface area (Å²) < 4.78 is 1.52. The van der Waals surface area contributed by atoms with E-state index >= 15 is 0 Å². The highest BCUT2D eigenvalue weighted by molar-refractivity contribution is 7.80. The molecule has 2 heterocycles. The molecule has 1 aromatic carbocycles. The maximum Gasteiger partial charge on any atom is 0.306 e. The van der Waals surface area contributed by atoms with Crippen molar-refractivity contribution in [2.45, 2.75) is 19.8 Å². The maximum atomic E-state index is 11.2. The number of aromatic nitrogens is 2. The summed E-state index contributed by atoms with van der Waals surface area (Å²) >= 11 is 17.7. The lowest BCUT2D eigenvalue weighted by molar-refractivity contribution is -0.143. The molecular formula is C19H21Cl2N5O3S. The fourth-order valence-electron chi connectivity index (χ4n) is 3.37. The third kappa shape index (κ3) is 4.38. The standard InChI is InChI=1S/C19H21Cl2N5O3S/c1-3-22-26(19(30)25-8-6-11(7-9-25)18(28)29)17-16(27)15(24(2)23-17)12-4-5-13(20)14(21)10-12/h3-5,10-11,27H,6-9H2,1-2H3,(H,28,29). The van der Waals surface area contributed by atoms with E-state index in [1.165, 1.54) is 9.69 Å². The number of carboxylic acid groups (broad SMARTS) is 1. The first-order valence-electron chi connectivity index (χ1n) is 9.26. The second-order valence-corrected chi connectivity index (χ2v) is 8.02. The van der Waals surface area contributed by atoms with Crippen molar-refractivity contribution in [1.29, 1.82) is 0 Å². The number of halogens is 2. The van der Waals surface area contributed by atoms with Crippen LogP contribution in [-0.2, 0) is 11.8 Å². The number of rotatable bonds is 4. The molecule has 1 aromatic heterocycles. The molecule has 1 fully saturated rings. The van der Waals surface area contributed by atoms with Crippen LogP contribution >= 0.6 is 35.4 Å². The van der Waals surface area contributed by atoms with Gasteiger partial charge in [-0.05, 0) is 44.1 Å². The Hall–Kier alpha value is -2.36. The average molecular weight is 470 g/mol. The number of carboxylic acids is 1. The van der Waals surface area contributed by atoms with Gasteiger partial charge in [0.15, 0.2) is 10.9 Å². The van der Waals surface area contributed by atoms with Crippen molar-refractivity contribution in [2.75, 3.05) is 18.1 Å². The van der Waals surface area contributed by atoms with Crippen molar-refractivity contribution in [3.05, 3.63) is 28.2 Å². The lowest BCUT2D eigenvalue weighted by Crippen LogP contribution is -2.46. The number of anilines is 1. The van der Waals surface area contributed by atoms with Gasteiger partial charge in [0.1, 0.15) is 5.69 Å². The van der Waals surface area contributed by atoms with Crippen LogP contribution in [0.1, 0.15) is 19.8 Å². The lowest BCUT2D eigenvalue weighted by Gasteiger charge is -2.34. The molecule has 30 heavy (non-hydrogen) atoms. The number of carbonyl (C=O) groups is 1. The quantitative estimate of drug-likeness (QED) is 0.397. The summed E-state index contributed by atoms with van der Waals surface area (Å²) in [7, 11) is 1.69. The zero-order chi connectivity index (χ0) is 22.0. The number of aryl methyl sites for hydroxylation is 1. The molecule has 0 spiro atoms. The normalized spacial score (nSPS) is 15.0. The summed E-state index contributed by atoms with van der Waals surface area (Å²) in [4.78, 5) is 13.1. The van der Waals surface area contributed by atoms with Gasteiger partial charge in [0, 0.05) is 31.9 Å². The van der Waals surface area contributed by atoms with E-state index in [1.807, 2.05) is 4.90 Å². The highest BCUT2D eigenvalue weighted by Gasteiger charge is 2.31. The molecule has 0 aliphatic carbocycles. The summed E-state index contributed by atoms with van der Waals surface area (Å²) in [5.74, 6) is -1.11. The number of aliphatic carboxylic acids is 1. The molecule has 0 radical (unpaired) electrons. The van der Waals surface area contributed by atoms with Gasteiger partial charge >= 0.3 is 5.97 Å². The Balaban J connectivity index is 1.92. The van der Waals surface area contributed by atoms with Crippen LogP contribution in [0.2, 0.25) is 10.0 Å². The number of thiocarbonyl (C=S) groups is 1. The van der Waals surface area contributed by atoms with E-state index in [4.69, 9.17) is 35.4 Å². The second-order valence-electron chi connectivity index (χ2n) is 6.84. The van der Waals surface area contributed by atoms with Crippen LogP contribution in [0.25, 0.3) is 11.3 Å². The molecule has 8 nitrogen and oxygen atoms in total. The second kappa shape index (κ2) is 9.20. The van der Waals surface area contributed by atoms with Crippen molar-refractivity contribution in [3.63, 3.8) is 0 Å². The van der Waals surface area contributed by atoms with Crippen molar-refractivity contribution in [1.82, 2.24) is 14.7 Å². The Morgan fingerprint density at radius 2 is 2.00 bits per heavy atom. The molecule has 160 valence electrons. The minimum Gasteiger partial charge on any atom is -0.503 e. The topological polar surface area (TPSA) is 94.2 Å². The number of benzene rings is 1. The summed E-state index contributed by atoms with van der Waals surface area (Å²) in [6, 6.07) is 5.02. The maximum absolute atomic E-state index is 11.2. The molecule has 0 saturated carbocycles. The van der Waals surface area contributed by atoms with E-state index in [0.717, 1.165) is 0 Å². The first kappa shape index (κ1) is 22.3. The molecule has 0 amide bonds.